The molecule has 1 aliphatic carbocycles. The molecule has 1 amide bonds. The topological polar surface area (TPSA) is 66.9 Å². The monoisotopic (exact) mass is 434 g/mol. The van der Waals surface area contributed by atoms with E-state index >= 15 is 0 Å². The van der Waals surface area contributed by atoms with Gasteiger partial charge in [0.15, 0.2) is 0 Å². The first kappa shape index (κ1) is 20.2. The highest BCUT2D eigenvalue weighted by atomic mass is 35.5. The molecule has 0 N–H and O–H groups in total. The second kappa shape index (κ2) is 8.34. The molecule has 2 aromatic carbocycles. The predicted octanol–water partition coefficient (Wildman–Crippen LogP) is 3.24. The number of morpholine rings is 1. The molecule has 1 atom stereocenters. The Balaban J connectivity index is 1.57. The third-order valence-corrected chi connectivity index (χ3v) is 7.87. The zero-order valence-electron chi connectivity index (χ0n) is 15.9. The van der Waals surface area contributed by atoms with E-state index in [1.165, 1.54) is 4.31 Å². The van der Waals surface area contributed by atoms with Crippen molar-refractivity contribution in [3.63, 3.8) is 0 Å². The van der Waals surface area contributed by atoms with Crippen molar-refractivity contribution in [1.29, 1.82) is 0 Å². The van der Waals surface area contributed by atoms with E-state index < -0.39 is 10.0 Å². The van der Waals surface area contributed by atoms with Gasteiger partial charge in [-0.3, -0.25) is 9.10 Å². The molecular weight excluding hydrogens is 412 g/mol. The van der Waals surface area contributed by atoms with Crippen molar-refractivity contribution in [3.05, 3.63) is 65.2 Å². The first-order chi connectivity index (χ1) is 14.0. The number of hydrogen-bond acceptors (Lipinski definition) is 4. The molecule has 1 saturated heterocycles. The van der Waals surface area contributed by atoms with Gasteiger partial charge < -0.3 is 9.64 Å². The van der Waals surface area contributed by atoms with Gasteiger partial charge in [0, 0.05) is 11.6 Å². The lowest BCUT2D eigenvalue weighted by Gasteiger charge is -2.37. The normalized spacial score (nSPS) is 20.0. The van der Waals surface area contributed by atoms with Crippen LogP contribution in [0.1, 0.15) is 24.4 Å². The molecule has 1 aliphatic heterocycles. The average Bonchev–Trinajstić information content (AvgIpc) is 3.56. The van der Waals surface area contributed by atoms with Gasteiger partial charge in [-0.05, 0) is 42.7 Å². The van der Waals surface area contributed by atoms with Crippen LogP contribution in [0.25, 0.3) is 0 Å². The van der Waals surface area contributed by atoms with Crippen molar-refractivity contribution in [3.8, 4) is 0 Å². The summed E-state index contributed by atoms with van der Waals surface area (Å²) in [4.78, 5) is 14.3. The molecule has 1 saturated carbocycles. The third kappa shape index (κ3) is 4.42. The Morgan fingerprint density at radius 3 is 2.41 bits per heavy atom. The minimum atomic E-state index is -3.44. The van der Waals surface area contributed by atoms with Crippen LogP contribution in [0.5, 0.6) is 0 Å². The van der Waals surface area contributed by atoms with E-state index in [-0.39, 0.29) is 36.9 Å². The van der Waals surface area contributed by atoms with E-state index in [1.807, 2.05) is 30.3 Å². The summed E-state index contributed by atoms with van der Waals surface area (Å²) in [5.41, 5.74) is 1.54. The molecular formula is C21H23ClN2O4S. The van der Waals surface area contributed by atoms with Gasteiger partial charge in [-0.1, -0.05) is 41.9 Å². The number of ether oxygens (including phenoxy) is 1. The highest BCUT2D eigenvalue weighted by Crippen LogP contribution is 2.34. The number of sulfonamides is 1. The number of amides is 1. The first-order valence-electron chi connectivity index (χ1n) is 9.66. The molecule has 6 nitrogen and oxygen atoms in total. The van der Waals surface area contributed by atoms with E-state index in [9.17, 15) is 13.2 Å². The van der Waals surface area contributed by atoms with E-state index in [4.69, 9.17) is 16.3 Å². The van der Waals surface area contributed by atoms with Gasteiger partial charge >= 0.3 is 0 Å². The van der Waals surface area contributed by atoms with Crippen LogP contribution in [0.3, 0.4) is 0 Å². The van der Waals surface area contributed by atoms with Crippen molar-refractivity contribution < 1.29 is 17.9 Å². The number of carbonyl (C=O) groups excluding carboxylic acids is 1. The summed E-state index contributed by atoms with van der Waals surface area (Å²) in [5, 5.41) is 0.296. The lowest BCUT2D eigenvalue weighted by molar-refractivity contribution is -0.148. The Labute approximate surface area is 176 Å². The van der Waals surface area contributed by atoms with Crippen LogP contribution in [-0.4, -0.2) is 50.8 Å². The van der Waals surface area contributed by atoms with Crippen LogP contribution >= 0.6 is 11.6 Å². The molecule has 2 aromatic rings. The molecule has 0 aromatic heterocycles. The Hall–Kier alpha value is -2.09. The van der Waals surface area contributed by atoms with Crippen LogP contribution in [0.4, 0.5) is 5.69 Å². The number of rotatable bonds is 7. The van der Waals surface area contributed by atoms with Crippen molar-refractivity contribution in [2.45, 2.75) is 24.1 Å². The fourth-order valence-electron chi connectivity index (χ4n) is 3.59. The van der Waals surface area contributed by atoms with Crippen molar-refractivity contribution in [2.24, 2.45) is 0 Å². The Bertz CT molecular complexity index is 962. The Morgan fingerprint density at radius 2 is 1.76 bits per heavy atom. The molecule has 29 heavy (non-hydrogen) atoms. The summed E-state index contributed by atoms with van der Waals surface area (Å²) >= 11 is 5.99. The number of nitrogens with zero attached hydrogens (tertiary/aromatic N) is 2. The van der Waals surface area contributed by atoms with Gasteiger partial charge in [0.05, 0.1) is 30.1 Å². The second-order valence-corrected chi connectivity index (χ2v) is 9.90. The number of hydrogen-bond donors (Lipinski definition) is 0. The van der Waals surface area contributed by atoms with Crippen LogP contribution in [-0.2, 0) is 19.6 Å². The van der Waals surface area contributed by atoms with E-state index in [0.717, 1.165) is 5.56 Å². The fraction of sp³-hybridized carbons (Fsp3) is 0.381. The van der Waals surface area contributed by atoms with Gasteiger partial charge in [-0.2, -0.15) is 0 Å². The molecule has 0 radical (unpaired) electrons. The summed E-state index contributed by atoms with van der Waals surface area (Å²) in [6.07, 6.45) is 1.38. The third-order valence-electron chi connectivity index (χ3n) is 5.29. The SMILES string of the molecule is O=C1COC[C@@H](c2ccc(Cl)cc2)N1CCN(c1ccccc1)S(=O)(=O)C1CC1. The Morgan fingerprint density at radius 1 is 1.07 bits per heavy atom. The molecule has 2 aliphatic rings. The largest absolute Gasteiger partial charge is 0.369 e. The number of benzene rings is 2. The highest BCUT2D eigenvalue weighted by molar-refractivity contribution is 7.93. The predicted molar refractivity (Wildman–Crippen MR) is 112 cm³/mol. The average molecular weight is 435 g/mol. The highest BCUT2D eigenvalue weighted by Gasteiger charge is 2.41. The number of para-hydroxylation sites is 1. The van der Waals surface area contributed by atoms with Gasteiger partial charge in [0.25, 0.3) is 0 Å². The standard InChI is InChI=1S/C21H23ClN2O4S/c22-17-8-6-16(7-9-17)20-14-28-15-21(25)23(20)12-13-24(18-4-2-1-3-5-18)29(26,27)19-10-11-19/h1-9,19-20H,10-15H2/t20-/m0/s1. The van der Waals surface area contributed by atoms with Gasteiger partial charge in [-0.25, -0.2) is 8.42 Å². The first-order valence-corrected chi connectivity index (χ1v) is 11.5. The lowest BCUT2D eigenvalue weighted by Crippen LogP contribution is -2.48. The van der Waals surface area contributed by atoms with E-state index in [1.54, 1.807) is 29.2 Å². The maximum Gasteiger partial charge on any atom is 0.249 e. The maximum atomic E-state index is 13.0. The molecule has 0 unspecified atom stereocenters. The van der Waals surface area contributed by atoms with Crippen molar-refractivity contribution in [1.82, 2.24) is 4.90 Å². The minimum absolute atomic E-state index is 0.00476. The molecule has 0 bridgehead atoms. The fourth-order valence-corrected chi connectivity index (χ4v) is 5.56. The van der Waals surface area contributed by atoms with E-state index in [0.29, 0.717) is 30.2 Å². The van der Waals surface area contributed by atoms with Gasteiger partial charge in [0.2, 0.25) is 15.9 Å². The van der Waals surface area contributed by atoms with E-state index in [2.05, 4.69) is 0 Å². The van der Waals surface area contributed by atoms with Gasteiger partial charge in [0.1, 0.15) is 6.61 Å². The van der Waals surface area contributed by atoms with Crippen molar-refractivity contribution in [2.75, 3.05) is 30.6 Å². The second-order valence-electron chi connectivity index (χ2n) is 7.32. The summed E-state index contributed by atoms with van der Waals surface area (Å²) in [6.45, 7) is 0.869. The maximum absolute atomic E-state index is 13.0. The number of anilines is 1. The molecule has 1 heterocycles. The minimum Gasteiger partial charge on any atom is -0.369 e. The Kier molecular flexibility index (Phi) is 5.81. The van der Waals surface area contributed by atoms with Crippen LogP contribution in [0.2, 0.25) is 5.02 Å². The summed E-state index contributed by atoms with van der Waals surface area (Å²) in [7, 11) is -3.44. The zero-order valence-corrected chi connectivity index (χ0v) is 17.5. The van der Waals surface area contributed by atoms with Crippen LogP contribution in [0.15, 0.2) is 54.6 Å². The summed E-state index contributed by atoms with van der Waals surface area (Å²) in [5.74, 6) is -0.145. The molecule has 154 valence electrons. The molecule has 8 heteroatoms. The number of carbonyl (C=O) groups is 1. The zero-order chi connectivity index (χ0) is 20.4. The summed E-state index contributed by atoms with van der Waals surface area (Å²) in [6, 6.07) is 16.1. The summed E-state index contributed by atoms with van der Waals surface area (Å²) < 4.78 is 33.0. The molecule has 2 fully saturated rings. The van der Waals surface area contributed by atoms with Crippen LogP contribution < -0.4 is 4.31 Å². The molecule has 0 spiro atoms. The lowest BCUT2D eigenvalue weighted by atomic mass is 10.0. The quantitative estimate of drug-likeness (QED) is 0.671. The van der Waals surface area contributed by atoms with Crippen molar-refractivity contribution >= 4 is 33.2 Å². The number of halogens is 1. The van der Waals surface area contributed by atoms with Crippen LogP contribution in [0, 0.1) is 0 Å². The smallest absolute Gasteiger partial charge is 0.249 e. The molecule has 4 rings (SSSR count). The van der Waals surface area contributed by atoms with Gasteiger partial charge in [-0.15, -0.1) is 0 Å².